The zero-order valence-corrected chi connectivity index (χ0v) is 18.1. The van der Waals surface area contributed by atoms with Gasteiger partial charge in [0.15, 0.2) is 0 Å². The van der Waals surface area contributed by atoms with Crippen LogP contribution in [0.3, 0.4) is 0 Å². The molecule has 166 valence electrons. The first-order valence-electron chi connectivity index (χ1n) is 10.5. The SMILES string of the molecule is CC(C)(C)OC(=O)N1CCCC1CNC(=O)CCCNC(=O)OCc1ccccc1. The van der Waals surface area contributed by atoms with Crippen LogP contribution in [0.2, 0.25) is 0 Å². The van der Waals surface area contributed by atoms with Gasteiger partial charge in [0.1, 0.15) is 12.2 Å². The van der Waals surface area contributed by atoms with Crippen LogP contribution in [0.5, 0.6) is 0 Å². The van der Waals surface area contributed by atoms with Gasteiger partial charge in [0, 0.05) is 26.1 Å². The van der Waals surface area contributed by atoms with Crippen LogP contribution in [-0.4, -0.2) is 54.3 Å². The number of amides is 3. The van der Waals surface area contributed by atoms with Crippen molar-refractivity contribution in [3.8, 4) is 0 Å². The fourth-order valence-corrected chi connectivity index (χ4v) is 3.14. The standard InChI is InChI=1S/C22H33N3O5/c1-22(2,3)30-21(28)25-14-8-11-18(25)15-24-19(26)12-7-13-23-20(27)29-16-17-9-5-4-6-10-17/h4-6,9-10,18H,7-8,11-16H2,1-3H3,(H,23,27)(H,24,26). The van der Waals surface area contributed by atoms with E-state index < -0.39 is 11.7 Å². The largest absolute Gasteiger partial charge is 0.445 e. The van der Waals surface area contributed by atoms with Gasteiger partial charge in [-0.2, -0.15) is 0 Å². The Balaban J connectivity index is 1.58. The van der Waals surface area contributed by atoms with Crippen molar-refractivity contribution in [1.29, 1.82) is 0 Å². The predicted octanol–water partition coefficient (Wildman–Crippen LogP) is 3.21. The highest BCUT2D eigenvalue weighted by Gasteiger charge is 2.32. The second-order valence-electron chi connectivity index (χ2n) is 8.37. The number of likely N-dealkylation sites (tertiary alicyclic amines) is 1. The van der Waals surface area contributed by atoms with Crippen molar-refractivity contribution in [2.24, 2.45) is 0 Å². The molecule has 0 spiro atoms. The molecule has 1 aromatic rings. The zero-order chi connectivity index (χ0) is 22.0. The van der Waals surface area contributed by atoms with Crippen LogP contribution in [0.25, 0.3) is 0 Å². The van der Waals surface area contributed by atoms with Crippen LogP contribution in [0.4, 0.5) is 9.59 Å². The summed E-state index contributed by atoms with van der Waals surface area (Å²) in [5, 5.41) is 5.51. The Morgan fingerprint density at radius 1 is 1.13 bits per heavy atom. The number of alkyl carbamates (subject to hydrolysis) is 1. The molecule has 1 unspecified atom stereocenters. The van der Waals surface area contributed by atoms with Gasteiger partial charge in [-0.1, -0.05) is 30.3 Å². The molecule has 0 aromatic heterocycles. The Morgan fingerprint density at radius 2 is 1.87 bits per heavy atom. The number of carbonyl (C=O) groups excluding carboxylic acids is 3. The summed E-state index contributed by atoms with van der Waals surface area (Å²) in [5.74, 6) is -0.106. The Hall–Kier alpha value is -2.77. The van der Waals surface area contributed by atoms with E-state index in [2.05, 4.69) is 10.6 Å². The second kappa shape index (κ2) is 11.4. The molecule has 0 saturated carbocycles. The number of hydrogen-bond donors (Lipinski definition) is 2. The fraction of sp³-hybridized carbons (Fsp3) is 0.591. The van der Waals surface area contributed by atoms with E-state index in [9.17, 15) is 14.4 Å². The number of carbonyl (C=O) groups is 3. The summed E-state index contributed by atoms with van der Waals surface area (Å²) in [5.41, 5.74) is 0.377. The number of benzene rings is 1. The van der Waals surface area contributed by atoms with E-state index in [0.29, 0.717) is 26.1 Å². The molecule has 1 fully saturated rings. The van der Waals surface area contributed by atoms with E-state index in [-0.39, 0.29) is 31.1 Å². The maximum Gasteiger partial charge on any atom is 0.410 e. The third-order valence-electron chi connectivity index (χ3n) is 4.60. The zero-order valence-electron chi connectivity index (χ0n) is 18.1. The first-order valence-corrected chi connectivity index (χ1v) is 10.5. The summed E-state index contributed by atoms with van der Waals surface area (Å²) in [6.07, 6.45) is 1.70. The molecule has 1 aromatic carbocycles. The number of nitrogens with one attached hydrogen (secondary N) is 2. The van der Waals surface area contributed by atoms with Crippen LogP contribution in [0.1, 0.15) is 52.0 Å². The Kier molecular flexibility index (Phi) is 8.95. The highest BCUT2D eigenvalue weighted by atomic mass is 16.6. The molecule has 2 rings (SSSR count). The first-order chi connectivity index (χ1) is 14.2. The molecule has 1 heterocycles. The van der Waals surface area contributed by atoms with Gasteiger partial charge >= 0.3 is 12.2 Å². The lowest BCUT2D eigenvalue weighted by atomic mass is 10.2. The van der Waals surface area contributed by atoms with Crippen molar-refractivity contribution >= 4 is 18.1 Å². The van der Waals surface area contributed by atoms with E-state index in [1.165, 1.54) is 0 Å². The van der Waals surface area contributed by atoms with Gasteiger partial charge < -0.3 is 25.0 Å². The highest BCUT2D eigenvalue weighted by Crippen LogP contribution is 2.20. The van der Waals surface area contributed by atoms with Crippen molar-refractivity contribution in [1.82, 2.24) is 15.5 Å². The van der Waals surface area contributed by atoms with Gasteiger partial charge in [0.05, 0.1) is 6.04 Å². The number of hydrogen-bond acceptors (Lipinski definition) is 5. The third-order valence-corrected chi connectivity index (χ3v) is 4.60. The summed E-state index contributed by atoms with van der Waals surface area (Å²) in [7, 11) is 0. The van der Waals surface area contributed by atoms with Crippen LogP contribution < -0.4 is 10.6 Å². The maximum atomic E-state index is 12.3. The summed E-state index contributed by atoms with van der Waals surface area (Å²) >= 11 is 0. The molecule has 1 aliphatic rings. The van der Waals surface area contributed by atoms with Crippen molar-refractivity contribution in [2.45, 2.75) is 64.7 Å². The van der Waals surface area contributed by atoms with Crippen LogP contribution in [0.15, 0.2) is 30.3 Å². The molecule has 30 heavy (non-hydrogen) atoms. The number of ether oxygens (including phenoxy) is 2. The van der Waals surface area contributed by atoms with E-state index in [1.807, 2.05) is 51.1 Å². The van der Waals surface area contributed by atoms with E-state index in [1.54, 1.807) is 4.90 Å². The van der Waals surface area contributed by atoms with E-state index in [0.717, 1.165) is 18.4 Å². The molecule has 1 atom stereocenters. The minimum absolute atomic E-state index is 0.0464. The van der Waals surface area contributed by atoms with Crippen molar-refractivity contribution in [3.63, 3.8) is 0 Å². The number of rotatable bonds is 8. The summed E-state index contributed by atoms with van der Waals surface area (Å²) in [6.45, 7) is 7.13. The normalized spacial score (nSPS) is 16.1. The lowest BCUT2D eigenvalue weighted by Gasteiger charge is -2.28. The monoisotopic (exact) mass is 419 g/mol. The minimum atomic E-state index is -0.539. The second-order valence-corrected chi connectivity index (χ2v) is 8.37. The smallest absolute Gasteiger partial charge is 0.410 e. The summed E-state index contributed by atoms with van der Waals surface area (Å²) in [6, 6.07) is 9.38. The molecule has 0 aliphatic carbocycles. The average molecular weight is 420 g/mol. The Bertz CT molecular complexity index is 702. The van der Waals surface area contributed by atoms with Gasteiger partial charge in [0.25, 0.3) is 0 Å². The van der Waals surface area contributed by atoms with Crippen LogP contribution >= 0.6 is 0 Å². The lowest BCUT2D eigenvalue weighted by molar-refractivity contribution is -0.121. The quantitative estimate of drug-likeness (QED) is 0.631. The summed E-state index contributed by atoms with van der Waals surface area (Å²) in [4.78, 5) is 37.7. The molecule has 1 saturated heterocycles. The van der Waals surface area contributed by atoms with Gasteiger partial charge in [0.2, 0.25) is 5.91 Å². The van der Waals surface area contributed by atoms with E-state index >= 15 is 0 Å². The third kappa shape index (κ3) is 8.71. The van der Waals surface area contributed by atoms with Crippen molar-refractivity contribution < 1.29 is 23.9 Å². The molecule has 0 radical (unpaired) electrons. The average Bonchev–Trinajstić information content (AvgIpc) is 3.16. The molecular formula is C22H33N3O5. The molecule has 3 amide bonds. The van der Waals surface area contributed by atoms with Crippen LogP contribution in [0, 0.1) is 0 Å². The van der Waals surface area contributed by atoms with Crippen molar-refractivity contribution in [2.75, 3.05) is 19.6 Å². The molecule has 8 nitrogen and oxygen atoms in total. The Labute approximate surface area is 178 Å². The molecule has 2 N–H and O–H groups in total. The van der Waals surface area contributed by atoms with Gasteiger partial charge in [-0.15, -0.1) is 0 Å². The fourth-order valence-electron chi connectivity index (χ4n) is 3.14. The topological polar surface area (TPSA) is 97.0 Å². The molecular weight excluding hydrogens is 386 g/mol. The predicted molar refractivity (Wildman–Crippen MR) is 113 cm³/mol. The molecule has 0 bridgehead atoms. The minimum Gasteiger partial charge on any atom is -0.445 e. The molecule has 1 aliphatic heterocycles. The van der Waals surface area contributed by atoms with Crippen molar-refractivity contribution in [3.05, 3.63) is 35.9 Å². The highest BCUT2D eigenvalue weighted by molar-refractivity contribution is 5.76. The lowest BCUT2D eigenvalue weighted by Crippen LogP contribution is -2.45. The van der Waals surface area contributed by atoms with Gasteiger partial charge in [-0.3, -0.25) is 4.79 Å². The first kappa shape index (κ1) is 23.5. The number of nitrogens with zero attached hydrogens (tertiary/aromatic N) is 1. The summed E-state index contributed by atoms with van der Waals surface area (Å²) < 4.78 is 10.5. The maximum absolute atomic E-state index is 12.3. The van der Waals surface area contributed by atoms with E-state index in [4.69, 9.17) is 9.47 Å². The molecule has 8 heteroatoms. The van der Waals surface area contributed by atoms with Gasteiger partial charge in [-0.25, -0.2) is 9.59 Å². The Morgan fingerprint density at radius 3 is 2.57 bits per heavy atom. The van der Waals surface area contributed by atoms with Crippen LogP contribution in [-0.2, 0) is 20.9 Å². The van der Waals surface area contributed by atoms with Gasteiger partial charge in [-0.05, 0) is 45.6 Å².